The van der Waals surface area contributed by atoms with Gasteiger partial charge in [-0.15, -0.1) is 0 Å². The van der Waals surface area contributed by atoms with Gasteiger partial charge in [0.05, 0.1) is 10.4 Å². The van der Waals surface area contributed by atoms with Crippen molar-refractivity contribution in [2.75, 3.05) is 0 Å². The molecule has 0 unspecified atom stereocenters. The average molecular weight is 342 g/mol. The summed E-state index contributed by atoms with van der Waals surface area (Å²) in [5, 5.41) is 8.77. The van der Waals surface area contributed by atoms with Crippen LogP contribution >= 0.6 is 33.9 Å². The van der Waals surface area contributed by atoms with Crippen molar-refractivity contribution in [3.05, 3.63) is 28.0 Å². The standard InChI is InChI=1S/C9H3Cl3N2O4S/c10-7-8(11)14-6-3(13-7)1-2-4(19(12,17)18)5(6)9(15)16/h1-2H,(H,15,16). The molecule has 0 radical (unpaired) electrons. The number of aromatic carboxylic acids is 1. The van der Waals surface area contributed by atoms with E-state index in [1.807, 2.05) is 0 Å². The van der Waals surface area contributed by atoms with Gasteiger partial charge in [-0.25, -0.2) is 23.2 Å². The Morgan fingerprint density at radius 2 is 1.74 bits per heavy atom. The number of carboxylic acid groups (broad SMARTS) is 1. The van der Waals surface area contributed by atoms with Crippen molar-refractivity contribution in [3.8, 4) is 0 Å². The second-order valence-corrected chi connectivity index (χ2v) is 6.61. The Hall–Kier alpha value is -1.15. The zero-order chi connectivity index (χ0) is 14.4. The maximum absolute atomic E-state index is 11.3. The minimum Gasteiger partial charge on any atom is -0.478 e. The van der Waals surface area contributed by atoms with Crippen LogP contribution in [0.1, 0.15) is 10.4 Å². The van der Waals surface area contributed by atoms with Gasteiger partial charge >= 0.3 is 5.97 Å². The molecule has 1 N–H and O–H groups in total. The lowest BCUT2D eigenvalue weighted by Gasteiger charge is -2.06. The van der Waals surface area contributed by atoms with E-state index in [9.17, 15) is 13.2 Å². The van der Waals surface area contributed by atoms with Gasteiger partial charge in [0.25, 0.3) is 9.05 Å². The highest BCUT2D eigenvalue weighted by molar-refractivity contribution is 8.13. The number of nitrogens with zero attached hydrogens (tertiary/aromatic N) is 2. The fourth-order valence-electron chi connectivity index (χ4n) is 1.47. The van der Waals surface area contributed by atoms with Crippen LogP contribution in [0, 0.1) is 0 Å². The lowest BCUT2D eigenvalue weighted by atomic mass is 10.2. The van der Waals surface area contributed by atoms with E-state index in [1.165, 1.54) is 6.07 Å². The highest BCUT2D eigenvalue weighted by Crippen LogP contribution is 2.29. The normalized spacial score (nSPS) is 11.7. The van der Waals surface area contributed by atoms with Crippen molar-refractivity contribution in [3.63, 3.8) is 0 Å². The minimum absolute atomic E-state index is 0.0934. The number of carboxylic acids is 1. The van der Waals surface area contributed by atoms with Crippen LogP contribution in [0.15, 0.2) is 17.0 Å². The first kappa shape index (κ1) is 14.3. The van der Waals surface area contributed by atoms with Gasteiger partial charge in [0.15, 0.2) is 10.3 Å². The lowest BCUT2D eigenvalue weighted by Crippen LogP contribution is -2.07. The van der Waals surface area contributed by atoms with E-state index in [0.29, 0.717) is 0 Å². The minimum atomic E-state index is -4.25. The topological polar surface area (TPSA) is 97.2 Å². The number of hydrogen-bond donors (Lipinski definition) is 1. The number of halogens is 3. The van der Waals surface area contributed by atoms with Gasteiger partial charge in [-0.05, 0) is 12.1 Å². The van der Waals surface area contributed by atoms with Crippen LogP contribution in [0.4, 0.5) is 0 Å². The Bertz CT molecular complexity index is 807. The third kappa shape index (κ3) is 2.59. The molecule has 0 bridgehead atoms. The molecule has 2 aromatic rings. The lowest BCUT2D eigenvalue weighted by molar-refractivity contribution is 0.0695. The van der Waals surface area contributed by atoms with Crippen LogP contribution in [0.3, 0.4) is 0 Å². The van der Waals surface area contributed by atoms with Gasteiger partial charge in [-0.1, -0.05) is 23.2 Å². The Kier molecular flexibility index (Phi) is 3.57. The number of fused-ring (bicyclic) bond motifs is 1. The summed E-state index contributed by atoms with van der Waals surface area (Å²) in [6.45, 7) is 0. The molecule has 1 heterocycles. The Balaban J connectivity index is 3.01. The maximum atomic E-state index is 11.3. The fraction of sp³-hybridized carbons (Fsp3) is 0. The number of hydrogen-bond acceptors (Lipinski definition) is 5. The van der Waals surface area contributed by atoms with E-state index in [1.54, 1.807) is 0 Å². The largest absolute Gasteiger partial charge is 0.478 e. The molecule has 1 aromatic heterocycles. The monoisotopic (exact) mass is 340 g/mol. The van der Waals surface area contributed by atoms with E-state index >= 15 is 0 Å². The van der Waals surface area contributed by atoms with Gasteiger partial charge < -0.3 is 5.11 Å². The Morgan fingerprint density at radius 3 is 2.26 bits per heavy atom. The van der Waals surface area contributed by atoms with Crippen LogP contribution in [0.5, 0.6) is 0 Å². The SMILES string of the molecule is O=C(O)c1c(S(=O)(=O)Cl)ccc2nc(Cl)c(Cl)nc12. The van der Waals surface area contributed by atoms with Gasteiger partial charge in [0.1, 0.15) is 11.1 Å². The molecule has 0 saturated carbocycles. The van der Waals surface area contributed by atoms with Gasteiger partial charge in [-0.3, -0.25) is 0 Å². The van der Waals surface area contributed by atoms with Gasteiger partial charge in [-0.2, -0.15) is 0 Å². The van der Waals surface area contributed by atoms with Crippen LogP contribution in [-0.2, 0) is 9.05 Å². The van der Waals surface area contributed by atoms with E-state index in [-0.39, 0.29) is 21.3 Å². The van der Waals surface area contributed by atoms with Crippen LogP contribution in [0.25, 0.3) is 11.0 Å². The summed E-state index contributed by atoms with van der Waals surface area (Å²) < 4.78 is 22.7. The first-order chi connectivity index (χ1) is 8.71. The zero-order valence-electron chi connectivity index (χ0n) is 8.76. The van der Waals surface area contributed by atoms with Gasteiger partial charge in [0, 0.05) is 10.7 Å². The summed E-state index contributed by atoms with van der Waals surface area (Å²) in [7, 11) is 0.935. The van der Waals surface area contributed by atoms with E-state index in [4.69, 9.17) is 39.0 Å². The smallest absolute Gasteiger partial charge is 0.339 e. The molecule has 19 heavy (non-hydrogen) atoms. The molecule has 0 spiro atoms. The fourth-order valence-corrected chi connectivity index (χ4v) is 2.78. The molecular formula is C9H3Cl3N2O4S. The molecule has 0 aliphatic carbocycles. The highest BCUT2D eigenvalue weighted by atomic mass is 35.7. The third-order valence-electron chi connectivity index (χ3n) is 2.19. The predicted octanol–water partition coefficient (Wildman–Crippen LogP) is 2.56. The predicted molar refractivity (Wildman–Crippen MR) is 69.6 cm³/mol. The van der Waals surface area contributed by atoms with Crippen LogP contribution < -0.4 is 0 Å². The third-order valence-corrected chi connectivity index (χ3v) is 4.18. The highest BCUT2D eigenvalue weighted by Gasteiger charge is 2.25. The molecule has 1 aromatic carbocycles. The summed E-state index contributed by atoms with van der Waals surface area (Å²) in [5.41, 5.74) is -0.710. The van der Waals surface area contributed by atoms with E-state index < -0.39 is 25.5 Å². The van der Waals surface area contributed by atoms with Crippen LogP contribution in [0.2, 0.25) is 10.3 Å². The summed E-state index contributed by atoms with van der Waals surface area (Å²) >= 11 is 11.3. The molecule has 6 nitrogen and oxygen atoms in total. The molecule has 0 fully saturated rings. The number of carbonyl (C=O) groups is 1. The molecule has 0 atom stereocenters. The van der Waals surface area contributed by atoms with Crippen LogP contribution in [-0.4, -0.2) is 29.5 Å². The number of benzene rings is 1. The molecular weight excluding hydrogens is 339 g/mol. The second kappa shape index (κ2) is 4.75. The van der Waals surface area contributed by atoms with Crippen molar-refractivity contribution < 1.29 is 18.3 Å². The molecule has 0 saturated heterocycles. The summed E-state index contributed by atoms with van der Waals surface area (Å²) in [5.74, 6) is -1.52. The van der Waals surface area contributed by atoms with E-state index in [0.717, 1.165) is 6.07 Å². The molecule has 10 heteroatoms. The molecule has 0 aliphatic heterocycles. The van der Waals surface area contributed by atoms with E-state index in [2.05, 4.69) is 9.97 Å². The van der Waals surface area contributed by atoms with Gasteiger partial charge in [0.2, 0.25) is 0 Å². The summed E-state index contributed by atoms with van der Waals surface area (Å²) in [4.78, 5) is 18.2. The zero-order valence-corrected chi connectivity index (χ0v) is 11.8. The number of aromatic nitrogens is 2. The average Bonchev–Trinajstić information content (AvgIpc) is 2.27. The molecule has 0 amide bonds. The first-order valence-corrected chi connectivity index (χ1v) is 7.62. The molecule has 100 valence electrons. The van der Waals surface area contributed by atoms with Crippen molar-refractivity contribution in [1.82, 2.24) is 9.97 Å². The van der Waals surface area contributed by atoms with Crippen molar-refractivity contribution >= 4 is 59.9 Å². The molecule has 0 aliphatic rings. The summed E-state index contributed by atoms with van der Waals surface area (Å²) in [6.07, 6.45) is 0. The number of rotatable bonds is 2. The Morgan fingerprint density at radius 1 is 1.16 bits per heavy atom. The first-order valence-electron chi connectivity index (χ1n) is 4.55. The maximum Gasteiger partial charge on any atom is 0.339 e. The second-order valence-electron chi connectivity index (χ2n) is 3.35. The Labute approximate surface area is 121 Å². The van der Waals surface area contributed by atoms with Crippen molar-refractivity contribution in [1.29, 1.82) is 0 Å². The summed E-state index contributed by atoms with van der Waals surface area (Å²) in [6, 6.07) is 2.26. The quantitative estimate of drug-likeness (QED) is 0.843. The molecule has 2 rings (SSSR count). The van der Waals surface area contributed by atoms with Crippen molar-refractivity contribution in [2.45, 2.75) is 4.90 Å². The van der Waals surface area contributed by atoms with Crippen molar-refractivity contribution in [2.24, 2.45) is 0 Å².